The zero-order chi connectivity index (χ0) is 14.0. The molecule has 19 heavy (non-hydrogen) atoms. The molecule has 0 amide bonds. The summed E-state index contributed by atoms with van der Waals surface area (Å²) in [5, 5.41) is 0. The molecule has 0 aliphatic rings. The number of halogens is 3. The van der Waals surface area contributed by atoms with Crippen LogP contribution in [0.1, 0.15) is 11.1 Å². The third kappa shape index (κ3) is 3.19. The lowest BCUT2D eigenvalue weighted by Gasteiger charge is -2.14. The van der Waals surface area contributed by atoms with Crippen LogP contribution in [-0.2, 0) is 6.18 Å². The van der Waals surface area contributed by atoms with Gasteiger partial charge < -0.3 is 10.5 Å². The normalized spacial score (nSPS) is 11.4. The van der Waals surface area contributed by atoms with Crippen LogP contribution in [0.2, 0.25) is 0 Å². The number of benzene rings is 2. The van der Waals surface area contributed by atoms with Gasteiger partial charge in [-0.1, -0.05) is 12.1 Å². The second-order valence-electron chi connectivity index (χ2n) is 4.17. The number of nitrogens with two attached hydrogens (primary N) is 1. The van der Waals surface area contributed by atoms with Crippen LogP contribution in [0.3, 0.4) is 0 Å². The van der Waals surface area contributed by atoms with Crippen molar-refractivity contribution in [3.8, 4) is 11.5 Å². The molecule has 2 nitrogen and oxygen atoms in total. The number of alkyl halides is 3. The van der Waals surface area contributed by atoms with Crippen molar-refractivity contribution in [1.82, 2.24) is 0 Å². The minimum atomic E-state index is -4.51. The molecule has 100 valence electrons. The maximum atomic E-state index is 12.9. The number of aryl methyl sites for hydroxylation is 1. The first-order valence-corrected chi connectivity index (χ1v) is 5.57. The van der Waals surface area contributed by atoms with Crippen LogP contribution < -0.4 is 10.5 Å². The van der Waals surface area contributed by atoms with Crippen molar-refractivity contribution >= 4 is 5.69 Å². The van der Waals surface area contributed by atoms with Crippen LogP contribution in [0, 0.1) is 6.92 Å². The number of nitrogen functional groups attached to an aromatic ring is 1. The largest absolute Gasteiger partial charge is 0.457 e. The average molecular weight is 267 g/mol. The summed E-state index contributed by atoms with van der Waals surface area (Å²) >= 11 is 0. The molecule has 0 aliphatic carbocycles. The Kier molecular flexibility index (Phi) is 3.38. The fraction of sp³-hybridized carbons (Fsp3) is 0.143. The van der Waals surface area contributed by atoms with Crippen molar-refractivity contribution in [2.75, 3.05) is 5.73 Å². The number of hydrogen-bond acceptors (Lipinski definition) is 2. The molecule has 2 rings (SSSR count). The third-order valence-electron chi connectivity index (χ3n) is 2.53. The van der Waals surface area contributed by atoms with Gasteiger partial charge in [0.1, 0.15) is 17.1 Å². The second-order valence-corrected chi connectivity index (χ2v) is 4.17. The van der Waals surface area contributed by atoms with Crippen molar-refractivity contribution in [2.24, 2.45) is 0 Å². The van der Waals surface area contributed by atoms with Crippen LogP contribution in [0.5, 0.6) is 11.5 Å². The predicted octanol–water partition coefficient (Wildman–Crippen LogP) is 4.39. The molecule has 0 atom stereocenters. The van der Waals surface area contributed by atoms with E-state index >= 15 is 0 Å². The maximum Gasteiger partial charge on any atom is 0.420 e. The summed E-state index contributed by atoms with van der Waals surface area (Å²) in [6, 6.07) is 10.3. The lowest BCUT2D eigenvalue weighted by molar-refractivity contribution is -0.138. The van der Waals surface area contributed by atoms with Crippen molar-refractivity contribution in [3.05, 3.63) is 53.6 Å². The van der Waals surface area contributed by atoms with E-state index < -0.39 is 11.7 Å². The fourth-order valence-corrected chi connectivity index (χ4v) is 1.66. The van der Waals surface area contributed by atoms with Crippen LogP contribution in [0.25, 0.3) is 0 Å². The molecule has 5 heteroatoms. The lowest BCUT2D eigenvalue weighted by atomic mass is 10.1. The molecular weight excluding hydrogens is 255 g/mol. The zero-order valence-corrected chi connectivity index (χ0v) is 10.2. The van der Waals surface area contributed by atoms with Crippen LogP contribution in [0.15, 0.2) is 42.5 Å². The van der Waals surface area contributed by atoms with Gasteiger partial charge in [-0.15, -0.1) is 0 Å². The van der Waals surface area contributed by atoms with Gasteiger partial charge in [0.25, 0.3) is 0 Å². The molecule has 0 saturated heterocycles. The Morgan fingerprint density at radius 2 is 1.79 bits per heavy atom. The van der Waals surface area contributed by atoms with E-state index in [2.05, 4.69) is 0 Å². The molecule has 0 unspecified atom stereocenters. The predicted molar refractivity (Wildman–Crippen MR) is 67.1 cm³/mol. The van der Waals surface area contributed by atoms with Crippen molar-refractivity contribution < 1.29 is 17.9 Å². The monoisotopic (exact) mass is 267 g/mol. The van der Waals surface area contributed by atoms with E-state index in [1.54, 1.807) is 18.2 Å². The van der Waals surface area contributed by atoms with Gasteiger partial charge in [-0.05, 0) is 42.8 Å². The number of ether oxygens (including phenoxy) is 1. The first kappa shape index (κ1) is 13.3. The SMILES string of the molecule is Cc1cccc(Oc2ccc(N)cc2C(F)(F)F)c1. The highest BCUT2D eigenvalue weighted by atomic mass is 19.4. The number of hydrogen-bond donors (Lipinski definition) is 1. The Hall–Kier alpha value is -2.17. The molecular formula is C14H12F3NO. The molecule has 2 aromatic rings. The Labute approximate surface area is 108 Å². The Bertz CT molecular complexity index is 593. The first-order valence-electron chi connectivity index (χ1n) is 5.57. The van der Waals surface area contributed by atoms with Gasteiger partial charge >= 0.3 is 6.18 Å². The molecule has 0 saturated carbocycles. The topological polar surface area (TPSA) is 35.2 Å². The summed E-state index contributed by atoms with van der Waals surface area (Å²) in [7, 11) is 0. The molecule has 0 radical (unpaired) electrons. The molecule has 0 aliphatic heterocycles. The highest BCUT2D eigenvalue weighted by Crippen LogP contribution is 2.39. The molecule has 0 spiro atoms. The molecule has 2 N–H and O–H groups in total. The standard InChI is InChI=1S/C14H12F3NO/c1-9-3-2-4-11(7-9)19-13-6-5-10(18)8-12(13)14(15,16)17/h2-8H,18H2,1H3. The van der Waals surface area contributed by atoms with Crippen LogP contribution in [0.4, 0.5) is 18.9 Å². The highest BCUT2D eigenvalue weighted by Gasteiger charge is 2.34. The van der Waals surface area contributed by atoms with Gasteiger partial charge in [-0.2, -0.15) is 13.2 Å². The summed E-state index contributed by atoms with van der Waals surface area (Å²) in [5.41, 5.74) is 5.46. The summed E-state index contributed by atoms with van der Waals surface area (Å²) in [6.07, 6.45) is -4.51. The summed E-state index contributed by atoms with van der Waals surface area (Å²) in [6.45, 7) is 1.83. The molecule has 0 fully saturated rings. The highest BCUT2D eigenvalue weighted by molar-refractivity contribution is 5.50. The van der Waals surface area contributed by atoms with Crippen molar-refractivity contribution in [3.63, 3.8) is 0 Å². The van der Waals surface area contributed by atoms with E-state index in [0.717, 1.165) is 11.6 Å². The minimum Gasteiger partial charge on any atom is -0.457 e. The summed E-state index contributed by atoms with van der Waals surface area (Å²) in [5.74, 6) is 0.0996. The second kappa shape index (κ2) is 4.84. The summed E-state index contributed by atoms with van der Waals surface area (Å²) < 4.78 is 43.9. The smallest absolute Gasteiger partial charge is 0.420 e. The Morgan fingerprint density at radius 3 is 2.42 bits per heavy atom. The molecule has 2 aromatic carbocycles. The van der Waals surface area contributed by atoms with Crippen molar-refractivity contribution in [1.29, 1.82) is 0 Å². The first-order chi connectivity index (χ1) is 8.86. The van der Waals surface area contributed by atoms with Gasteiger partial charge in [0.05, 0.1) is 0 Å². The quantitative estimate of drug-likeness (QED) is 0.819. The Morgan fingerprint density at radius 1 is 1.05 bits per heavy atom. The third-order valence-corrected chi connectivity index (χ3v) is 2.53. The van der Waals surface area contributed by atoms with Gasteiger partial charge in [0.15, 0.2) is 0 Å². The van der Waals surface area contributed by atoms with Gasteiger partial charge in [0, 0.05) is 5.69 Å². The van der Waals surface area contributed by atoms with E-state index in [0.29, 0.717) is 5.75 Å². The number of anilines is 1. The van der Waals surface area contributed by atoms with Crippen molar-refractivity contribution in [2.45, 2.75) is 13.1 Å². The molecule has 0 aromatic heterocycles. The van der Waals surface area contributed by atoms with Gasteiger partial charge in [-0.3, -0.25) is 0 Å². The van der Waals surface area contributed by atoms with Gasteiger partial charge in [-0.25, -0.2) is 0 Å². The molecule has 0 bridgehead atoms. The van der Waals surface area contributed by atoms with Crippen LogP contribution >= 0.6 is 0 Å². The maximum absolute atomic E-state index is 12.9. The average Bonchev–Trinajstić information content (AvgIpc) is 2.30. The van der Waals surface area contributed by atoms with E-state index in [-0.39, 0.29) is 11.4 Å². The van der Waals surface area contributed by atoms with E-state index in [1.807, 2.05) is 13.0 Å². The zero-order valence-electron chi connectivity index (χ0n) is 10.2. The number of rotatable bonds is 2. The Balaban J connectivity index is 2.40. The van der Waals surface area contributed by atoms with Gasteiger partial charge in [0.2, 0.25) is 0 Å². The van der Waals surface area contributed by atoms with E-state index in [1.165, 1.54) is 12.1 Å². The summed E-state index contributed by atoms with van der Waals surface area (Å²) in [4.78, 5) is 0. The van der Waals surface area contributed by atoms with E-state index in [9.17, 15) is 13.2 Å². The van der Waals surface area contributed by atoms with E-state index in [4.69, 9.17) is 10.5 Å². The minimum absolute atomic E-state index is 0.0453. The lowest BCUT2D eigenvalue weighted by Crippen LogP contribution is -2.08. The fourth-order valence-electron chi connectivity index (χ4n) is 1.66. The molecule has 0 heterocycles. The van der Waals surface area contributed by atoms with Crippen LogP contribution in [-0.4, -0.2) is 0 Å².